The Labute approximate surface area is 169 Å². The normalized spacial score (nSPS) is 16.0. The Hall–Kier alpha value is -2.65. The van der Waals surface area contributed by atoms with Crippen molar-refractivity contribution < 1.29 is 13.2 Å². The Morgan fingerprint density at radius 2 is 1.69 bits per heavy atom. The number of rotatable bonds is 6. The first-order valence-electron chi connectivity index (χ1n) is 9.83. The second kappa shape index (κ2) is 8.38. The number of ether oxygens (including phenoxy) is 1. The van der Waals surface area contributed by atoms with Gasteiger partial charge in [0.2, 0.25) is 10.0 Å². The average molecular weight is 417 g/mol. The number of para-hydroxylation sites is 1. The van der Waals surface area contributed by atoms with E-state index in [1.165, 1.54) is 19.5 Å². The lowest BCUT2D eigenvalue weighted by Crippen LogP contribution is -2.32. The Morgan fingerprint density at radius 1 is 0.966 bits per heavy atom. The molecule has 4 rings (SSSR count). The summed E-state index contributed by atoms with van der Waals surface area (Å²) in [7, 11) is -3.71. The molecule has 0 N–H and O–H groups in total. The lowest BCUT2D eigenvalue weighted by Gasteiger charge is -2.19. The summed E-state index contributed by atoms with van der Waals surface area (Å²) in [5.74, 6) is 0.703. The largest absolute Gasteiger partial charge is 0.492 e. The van der Waals surface area contributed by atoms with Crippen LogP contribution in [0.25, 0.3) is 5.65 Å². The van der Waals surface area contributed by atoms with Crippen molar-refractivity contribution >= 4 is 15.7 Å². The second-order valence-corrected chi connectivity index (χ2v) is 8.96. The van der Waals surface area contributed by atoms with Crippen molar-refractivity contribution in [3.8, 4) is 5.75 Å². The molecule has 1 aliphatic rings. The number of nitrogens with zero attached hydrogens (tertiary/aromatic N) is 4. The summed E-state index contributed by atoms with van der Waals surface area (Å²) < 4.78 is 36.1. The quantitative estimate of drug-likeness (QED) is 0.615. The van der Waals surface area contributed by atoms with Gasteiger partial charge >= 0.3 is 5.69 Å². The number of hydrogen-bond acceptors (Lipinski definition) is 5. The molecule has 0 unspecified atom stereocenters. The molecule has 0 amide bonds. The summed E-state index contributed by atoms with van der Waals surface area (Å²) in [5.41, 5.74) is -0.231. The molecule has 1 fully saturated rings. The van der Waals surface area contributed by atoms with Gasteiger partial charge in [0.25, 0.3) is 0 Å². The summed E-state index contributed by atoms with van der Waals surface area (Å²) in [6, 6.07) is 12.4. The lowest BCUT2D eigenvalue weighted by molar-refractivity contribution is 0.289. The summed E-state index contributed by atoms with van der Waals surface area (Å²) in [5, 5.41) is 4.31. The molecule has 0 bridgehead atoms. The summed E-state index contributed by atoms with van der Waals surface area (Å²) in [6.45, 7) is 1.47. The number of aromatic nitrogens is 3. The van der Waals surface area contributed by atoms with Gasteiger partial charge in [-0.2, -0.15) is 4.31 Å². The molecule has 0 atom stereocenters. The number of fused-ring (bicyclic) bond motifs is 1. The van der Waals surface area contributed by atoms with E-state index in [1.54, 1.807) is 12.3 Å². The van der Waals surface area contributed by atoms with Crippen LogP contribution in [0.1, 0.15) is 25.7 Å². The summed E-state index contributed by atoms with van der Waals surface area (Å²) in [4.78, 5) is 12.8. The van der Waals surface area contributed by atoms with Crippen molar-refractivity contribution in [1.29, 1.82) is 0 Å². The topological polar surface area (TPSA) is 85.9 Å². The molecular weight excluding hydrogens is 392 g/mol. The third-order valence-corrected chi connectivity index (χ3v) is 6.99. The van der Waals surface area contributed by atoms with Crippen LogP contribution in [0.4, 0.5) is 0 Å². The van der Waals surface area contributed by atoms with Crippen molar-refractivity contribution in [2.24, 2.45) is 0 Å². The van der Waals surface area contributed by atoms with Gasteiger partial charge < -0.3 is 4.74 Å². The molecule has 1 saturated heterocycles. The molecule has 2 aromatic heterocycles. The number of pyridine rings is 1. The van der Waals surface area contributed by atoms with Gasteiger partial charge in [-0.3, -0.25) is 0 Å². The highest BCUT2D eigenvalue weighted by Gasteiger charge is 2.28. The van der Waals surface area contributed by atoms with Gasteiger partial charge in [-0.1, -0.05) is 31.0 Å². The van der Waals surface area contributed by atoms with Crippen molar-refractivity contribution in [2.45, 2.75) is 37.1 Å². The van der Waals surface area contributed by atoms with E-state index >= 15 is 0 Å². The second-order valence-electron chi connectivity index (χ2n) is 7.05. The predicted molar refractivity (Wildman–Crippen MR) is 109 cm³/mol. The monoisotopic (exact) mass is 416 g/mol. The molecule has 3 heterocycles. The van der Waals surface area contributed by atoms with Crippen LogP contribution in [0.2, 0.25) is 0 Å². The molecule has 154 valence electrons. The van der Waals surface area contributed by atoms with E-state index in [9.17, 15) is 13.2 Å². The molecule has 0 aliphatic carbocycles. The SMILES string of the molecule is O=c1n(CCOc2ccccc2)nc2c(S(=O)(=O)N3CCCCCC3)cccn12. The zero-order chi connectivity index (χ0) is 20.3. The van der Waals surface area contributed by atoms with Gasteiger partial charge in [0.05, 0.1) is 6.54 Å². The first kappa shape index (κ1) is 19.7. The average Bonchev–Trinajstić information content (AvgIpc) is 2.91. The van der Waals surface area contributed by atoms with Crippen molar-refractivity contribution in [2.75, 3.05) is 19.7 Å². The van der Waals surface area contributed by atoms with Gasteiger partial charge in [0, 0.05) is 19.3 Å². The molecule has 29 heavy (non-hydrogen) atoms. The van der Waals surface area contributed by atoms with E-state index in [4.69, 9.17) is 4.74 Å². The minimum atomic E-state index is -3.71. The molecule has 8 nitrogen and oxygen atoms in total. The molecule has 0 saturated carbocycles. The fourth-order valence-corrected chi connectivity index (χ4v) is 5.19. The van der Waals surface area contributed by atoms with E-state index in [1.807, 2.05) is 30.3 Å². The summed E-state index contributed by atoms with van der Waals surface area (Å²) in [6.07, 6.45) is 5.30. The highest BCUT2D eigenvalue weighted by molar-refractivity contribution is 7.89. The summed E-state index contributed by atoms with van der Waals surface area (Å²) >= 11 is 0. The van der Waals surface area contributed by atoms with Crippen LogP contribution in [0, 0.1) is 0 Å². The van der Waals surface area contributed by atoms with E-state index in [-0.39, 0.29) is 29.4 Å². The maximum atomic E-state index is 13.2. The zero-order valence-corrected chi connectivity index (χ0v) is 16.9. The van der Waals surface area contributed by atoms with E-state index in [0.29, 0.717) is 18.8 Å². The smallest absolute Gasteiger partial charge is 0.350 e. The van der Waals surface area contributed by atoms with Crippen LogP contribution in [-0.2, 0) is 16.6 Å². The first-order chi connectivity index (χ1) is 14.1. The fraction of sp³-hybridized carbons (Fsp3) is 0.400. The van der Waals surface area contributed by atoms with E-state index in [2.05, 4.69) is 5.10 Å². The maximum absolute atomic E-state index is 13.2. The van der Waals surface area contributed by atoms with Crippen molar-refractivity contribution in [3.05, 3.63) is 59.1 Å². The number of sulfonamides is 1. The van der Waals surface area contributed by atoms with Gasteiger partial charge in [-0.15, -0.1) is 5.10 Å². The molecule has 1 aromatic carbocycles. The van der Waals surface area contributed by atoms with Crippen LogP contribution in [0.15, 0.2) is 58.4 Å². The molecule has 0 spiro atoms. The van der Waals surface area contributed by atoms with Gasteiger partial charge in [-0.25, -0.2) is 22.3 Å². The number of benzene rings is 1. The van der Waals surface area contributed by atoms with Gasteiger partial charge in [0.1, 0.15) is 17.3 Å². The maximum Gasteiger partial charge on any atom is 0.350 e. The third-order valence-electron chi connectivity index (χ3n) is 5.07. The molecule has 0 radical (unpaired) electrons. The Kier molecular flexibility index (Phi) is 5.68. The molecule has 3 aromatic rings. The van der Waals surface area contributed by atoms with E-state index in [0.717, 1.165) is 25.7 Å². The highest BCUT2D eigenvalue weighted by atomic mass is 32.2. The van der Waals surface area contributed by atoms with Crippen LogP contribution in [0.3, 0.4) is 0 Å². The van der Waals surface area contributed by atoms with Gasteiger partial charge in [0.15, 0.2) is 5.65 Å². The van der Waals surface area contributed by atoms with Crippen LogP contribution in [-0.4, -0.2) is 46.6 Å². The number of hydrogen-bond donors (Lipinski definition) is 0. The Balaban J connectivity index is 1.61. The minimum Gasteiger partial charge on any atom is -0.492 e. The zero-order valence-electron chi connectivity index (χ0n) is 16.1. The standard InChI is InChI=1S/C20H24N4O4S/c25-20-23-14-8-11-18(29(26,27)22-12-6-1-2-7-13-22)19(23)21-24(20)15-16-28-17-9-4-3-5-10-17/h3-5,8-11,14H,1-2,6-7,12-13,15-16H2. The molecule has 1 aliphatic heterocycles. The van der Waals surface area contributed by atoms with Crippen molar-refractivity contribution in [1.82, 2.24) is 18.5 Å². The minimum absolute atomic E-state index is 0.0710. The first-order valence-corrected chi connectivity index (χ1v) is 11.3. The Morgan fingerprint density at radius 3 is 2.41 bits per heavy atom. The van der Waals surface area contributed by atoms with Crippen LogP contribution >= 0.6 is 0 Å². The predicted octanol–water partition coefficient (Wildman–Crippen LogP) is 2.14. The van der Waals surface area contributed by atoms with Crippen LogP contribution < -0.4 is 10.4 Å². The molecule has 9 heteroatoms. The van der Waals surface area contributed by atoms with E-state index < -0.39 is 10.0 Å². The molecular formula is C20H24N4O4S. The van der Waals surface area contributed by atoms with Gasteiger partial charge in [-0.05, 0) is 37.1 Å². The lowest BCUT2D eigenvalue weighted by atomic mass is 10.2. The highest BCUT2D eigenvalue weighted by Crippen LogP contribution is 2.22. The Bertz CT molecular complexity index is 1130. The third kappa shape index (κ3) is 4.06. The van der Waals surface area contributed by atoms with Crippen molar-refractivity contribution in [3.63, 3.8) is 0 Å². The fourth-order valence-electron chi connectivity index (χ4n) is 3.55. The van der Waals surface area contributed by atoms with Crippen LogP contribution in [0.5, 0.6) is 5.75 Å².